The van der Waals surface area contributed by atoms with Crippen LogP contribution in [0.15, 0.2) is 54.7 Å². The average molecular weight is 358 g/mol. The second-order valence-corrected chi connectivity index (χ2v) is 6.99. The molecule has 1 saturated heterocycles. The second kappa shape index (κ2) is 6.98. The predicted octanol–water partition coefficient (Wildman–Crippen LogP) is 2.35. The molecule has 5 heteroatoms. The fourth-order valence-corrected chi connectivity index (χ4v) is 3.76. The van der Waals surface area contributed by atoms with Crippen molar-refractivity contribution in [2.75, 3.05) is 31.1 Å². The van der Waals surface area contributed by atoms with Gasteiger partial charge in [0.05, 0.1) is 37.3 Å². The van der Waals surface area contributed by atoms with Crippen molar-refractivity contribution in [1.29, 1.82) is 0 Å². The van der Waals surface area contributed by atoms with E-state index < -0.39 is 0 Å². The first-order chi connectivity index (χ1) is 12.2. The van der Waals surface area contributed by atoms with Crippen molar-refractivity contribution in [3.63, 3.8) is 0 Å². The van der Waals surface area contributed by atoms with Gasteiger partial charge in [0.25, 0.3) is 0 Å². The summed E-state index contributed by atoms with van der Waals surface area (Å²) < 4.78 is 13.9. The molecule has 3 nitrogen and oxygen atoms in total. The second-order valence-electron chi connectivity index (χ2n) is 6.56. The Morgan fingerprint density at radius 1 is 1.08 bits per heavy atom. The number of hydrogen-bond donors (Lipinski definition) is 1. The van der Waals surface area contributed by atoms with Crippen LogP contribution in [0.4, 0.5) is 10.1 Å². The molecule has 1 aromatic heterocycles. The Kier molecular flexibility index (Phi) is 4.55. The van der Waals surface area contributed by atoms with Gasteiger partial charge in [0.15, 0.2) is 6.20 Å². The van der Waals surface area contributed by atoms with E-state index in [0.717, 1.165) is 48.8 Å². The molecule has 0 spiro atoms. The molecule has 1 aliphatic rings. The molecule has 25 heavy (non-hydrogen) atoms. The zero-order chi connectivity index (χ0) is 17.2. The van der Waals surface area contributed by atoms with Crippen molar-refractivity contribution >= 4 is 28.2 Å². The standard InChI is InChI=1S/C20H19ClFN3/c21-16-5-6-17-19(13-16)23-8-7-20(17)25-11-9-24(10-12-25)14-15-3-1-2-4-18(15)22/h1-8,13H,9-12,14H2/p+2. The summed E-state index contributed by atoms with van der Waals surface area (Å²) in [5, 5.41) is 1.92. The van der Waals surface area contributed by atoms with Gasteiger partial charge in [-0.3, -0.25) is 0 Å². The number of aromatic amines is 1. The van der Waals surface area contributed by atoms with Gasteiger partial charge in [0.1, 0.15) is 12.4 Å². The van der Waals surface area contributed by atoms with Gasteiger partial charge in [0, 0.05) is 22.7 Å². The molecule has 0 amide bonds. The Morgan fingerprint density at radius 3 is 2.68 bits per heavy atom. The molecule has 0 bridgehead atoms. The van der Waals surface area contributed by atoms with Gasteiger partial charge in [0.2, 0.25) is 5.52 Å². The molecule has 4 rings (SSSR count). The lowest BCUT2D eigenvalue weighted by molar-refractivity contribution is -0.914. The number of benzene rings is 2. The Hall–Kier alpha value is -2.17. The SMILES string of the molecule is Fc1ccccc1C[NH+]1CCN(c2cc[nH+]c3cc(Cl)ccc23)CC1. The van der Waals surface area contributed by atoms with E-state index in [1.54, 1.807) is 12.1 Å². The average Bonchev–Trinajstić information content (AvgIpc) is 2.63. The third-order valence-corrected chi connectivity index (χ3v) is 5.18. The lowest BCUT2D eigenvalue weighted by atomic mass is 10.1. The number of piperazine rings is 1. The fourth-order valence-electron chi connectivity index (χ4n) is 3.59. The molecule has 1 aliphatic heterocycles. The van der Waals surface area contributed by atoms with E-state index >= 15 is 0 Å². The van der Waals surface area contributed by atoms with Gasteiger partial charge >= 0.3 is 0 Å². The summed E-state index contributed by atoms with van der Waals surface area (Å²) in [6.45, 7) is 4.68. The van der Waals surface area contributed by atoms with Gasteiger partial charge < -0.3 is 9.80 Å². The van der Waals surface area contributed by atoms with Crippen LogP contribution in [0.1, 0.15) is 5.56 Å². The van der Waals surface area contributed by atoms with Crippen molar-refractivity contribution in [1.82, 2.24) is 0 Å². The van der Waals surface area contributed by atoms with Crippen LogP contribution in [0.2, 0.25) is 5.02 Å². The molecule has 128 valence electrons. The highest BCUT2D eigenvalue weighted by Gasteiger charge is 2.23. The number of quaternary nitrogens is 1. The van der Waals surface area contributed by atoms with Crippen molar-refractivity contribution < 1.29 is 14.3 Å². The highest BCUT2D eigenvalue weighted by molar-refractivity contribution is 6.31. The topological polar surface area (TPSA) is 21.8 Å². The summed E-state index contributed by atoms with van der Waals surface area (Å²) in [5.41, 5.74) is 3.09. The van der Waals surface area contributed by atoms with Crippen LogP contribution in [0.25, 0.3) is 10.9 Å². The largest absolute Gasteiger partial charge is 0.359 e. The third kappa shape index (κ3) is 3.46. The molecule has 0 aliphatic carbocycles. The minimum atomic E-state index is -0.0982. The zero-order valence-corrected chi connectivity index (χ0v) is 14.7. The van der Waals surface area contributed by atoms with Crippen LogP contribution in [-0.4, -0.2) is 26.2 Å². The molecule has 3 aromatic rings. The van der Waals surface area contributed by atoms with Crippen LogP contribution < -0.4 is 14.8 Å². The number of nitrogens with one attached hydrogen (secondary N) is 2. The number of nitrogens with zero attached hydrogens (tertiary/aromatic N) is 1. The van der Waals surface area contributed by atoms with Crippen LogP contribution in [0, 0.1) is 5.82 Å². The summed E-state index contributed by atoms with van der Waals surface area (Å²) in [6.07, 6.45) is 1.96. The summed E-state index contributed by atoms with van der Waals surface area (Å²) in [4.78, 5) is 7.10. The van der Waals surface area contributed by atoms with E-state index in [0.29, 0.717) is 0 Å². The molecule has 0 radical (unpaired) electrons. The first-order valence-corrected chi connectivity index (χ1v) is 9.00. The fraction of sp³-hybridized carbons (Fsp3) is 0.250. The highest BCUT2D eigenvalue weighted by Crippen LogP contribution is 2.25. The van der Waals surface area contributed by atoms with E-state index in [1.165, 1.54) is 16.0 Å². The van der Waals surface area contributed by atoms with Crippen LogP contribution >= 0.6 is 11.6 Å². The van der Waals surface area contributed by atoms with Crippen LogP contribution in [0.5, 0.6) is 0 Å². The maximum atomic E-state index is 13.9. The van der Waals surface area contributed by atoms with Crippen molar-refractivity contribution in [3.05, 3.63) is 71.1 Å². The molecule has 1 fully saturated rings. The smallest absolute Gasteiger partial charge is 0.214 e. The number of fused-ring (bicyclic) bond motifs is 1. The Bertz CT molecular complexity index is 891. The van der Waals surface area contributed by atoms with E-state index in [2.05, 4.69) is 22.0 Å². The molecular formula is C20H21ClFN3+2. The lowest BCUT2D eigenvalue weighted by Gasteiger charge is -2.33. The normalized spacial score (nSPS) is 15.7. The maximum Gasteiger partial charge on any atom is 0.214 e. The van der Waals surface area contributed by atoms with Crippen LogP contribution in [0.3, 0.4) is 0 Å². The molecule has 0 atom stereocenters. The summed E-state index contributed by atoms with van der Waals surface area (Å²) in [5.74, 6) is -0.0982. The molecule has 2 N–H and O–H groups in total. The number of aromatic nitrogens is 1. The van der Waals surface area contributed by atoms with Gasteiger partial charge in [-0.2, -0.15) is 0 Å². The maximum absolute atomic E-state index is 13.9. The zero-order valence-electron chi connectivity index (χ0n) is 13.9. The van der Waals surface area contributed by atoms with Gasteiger partial charge in [-0.1, -0.05) is 29.8 Å². The molecular weight excluding hydrogens is 337 g/mol. The van der Waals surface area contributed by atoms with Gasteiger partial charge in [-0.15, -0.1) is 0 Å². The number of H-pyrrole nitrogens is 1. The number of hydrogen-bond acceptors (Lipinski definition) is 1. The minimum Gasteiger partial charge on any atom is -0.359 e. The highest BCUT2D eigenvalue weighted by atomic mass is 35.5. The van der Waals surface area contributed by atoms with E-state index in [9.17, 15) is 4.39 Å². The molecule has 2 heterocycles. The monoisotopic (exact) mass is 357 g/mol. The van der Waals surface area contributed by atoms with E-state index in [1.807, 2.05) is 30.5 Å². The Morgan fingerprint density at radius 2 is 1.88 bits per heavy atom. The number of halogens is 2. The Labute approximate surface area is 151 Å². The number of pyridine rings is 1. The minimum absolute atomic E-state index is 0.0982. The van der Waals surface area contributed by atoms with Crippen molar-refractivity contribution in [2.24, 2.45) is 0 Å². The lowest BCUT2D eigenvalue weighted by Crippen LogP contribution is -3.13. The third-order valence-electron chi connectivity index (χ3n) is 4.95. The molecule has 2 aromatic carbocycles. The van der Waals surface area contributed by atoms with Crippen molar-refractivity contribution in [2.45, 2.75) is 6.54 Å². The molecule has 0 saturated carbocycles. The number of anilines is 1. The van der Waals surface area contributed by atoms with E-state index in [4.69, 9.17) is 11.6 Å². The summed E-state index contributed by atoms with van der Waals surface area (Å²) in [6, 6.07) is 15.2. The molecule has 0 unspecified atom stereocenters. The van der Waals surface area contributed by atoms with Crippen LogP contribution in [-0.2, 0) is 6.54 Å². The number of rotatable bonds is 3. The van der Waals surface area contributed by atoms with Gasteiger partial charge in [-0.05, 0) is 18.2 Å². The van der Waals surface area contributed by atoms with E-state index in [-0.39, 0.29) is 5.82 Å². The first kappa shape index (κ1) is 16.3. The summed E-state index contributed by atoms with van der Waals surface area (Å²) >= 11 is 6.10. The van der Waals surface area contributed by atoms with Crippen molar-refractivity contribution in [3.8, 4) is 0 Å². The first-order valence-electron chi connectivity index (χ1n) is 8.62. The Balaban J connectivity index is 1.48. The van der Waals surface area contributed by atoms with Gasteiger partial charge in [-0.25, -0.2) is 9.37 Å². The predicted molar refractivity (Wildman–Crippen MR) is 98.5 cm³/mol. The quantitative estimate of drug-likeness (QED) is 0.763. The summed E-state index contributed by atoms with van der Waals surface area (Å²) in [7, 11) is 0.